The van der Waals surface area contributed by atoms with Crippen LogP contribution >= 0.6 is 0 Å². The lowest BCUT2D eigenvalue weighted by Crippen LogP contribution is -2.45. The van der Waals surface area contributed by atoms with E-state index in [4.69, 9.17) is 5.73 Å². The van der Waals surface area contributed by atoms with Crippen LogP contribution in [-0.4, -0.2) is 11.1 Å². The molecule has 82 valence electrons. The molecule has 1 unspecified atom stereocenters. The van der Waals surface area contributed by atoms with Gasteiger partial charge in [-0.05, 0) is 17.9 Å². The first-order chi connectivity index (χ1) is 6.97. The van der Waals surface area contributed by atoms with Crippen molar-refractivity contribution in [1.29, 1.82) is 0 Å². The summed E-state index contributed by atoms with van der Waals surface area (Å²) in [5.41, 5.74) is 5.35. The molecule has 3 N–H and O–H groups in total. The second-order valence-corrected chi connectivity index (χ2v) is 4.24. The van der Waals surface area contributed by atoms with E-state index in [9.17, 15) is 9.90 Å². The van der Waals surface area contributed by atoms with Gasteiger partial charge in [-0.1, -0.05) is 44.2 Å². The first-order valence-electron chi connectivity index (χ1n) is 5.04. The molecule has 0 bridgehead atoms. The number of carboxylic acid groups (broad SMARTS) is 1. The molecule has 0 aliphatic carbocycles. The maximum absolute atomic E-state index is 11.2. The van der Waals surface area contributed by atoms with E-state index < -0.39 is 11.5 Å². The zero-order chi connectivity index (χ0) is 11.5. The van der Waals surface area contributed by atoms with Gasteiger partial charge in [-0.3, -0.25) is 0 Å². The van der Waals surface area contributed by atoms with Crippen LogP contribution in [0.3, 0.4) is 0 Å². The standard InChI is InChI=1S/C12H17NO2/c1-9(2)8-12(13,11(14)15)10-6-4-3-5-7-10/h3-7,9H,8,13H2,1-2H3,(H,14,15). The van der Waals surface area contributed by atoms with Crippen molar-refractivity contribution in [2.75, 3.05) is 0 Å². The number of rotatable bonds is 4. The van der Waals surface area contributed by atoms with E-state index in [0.29, 0.717) is 12.0 Å². The summed E-state index contributed by atoms with van der Waals surface area (Å²) in [6.07, 6.45) is 0.437. The average Bonchev–Trinajstić information content (AvgIpc) is 2.17. The third kappa shape index (κ3) is 2.57. The normalized spacial score (nSPS) is 14.9. The van der Waals surface area contributed by atoms with Gasteiger partial charge in [0.05, 0.1) is 0 Å². The van der Waals surface area contributed by atoms with E-state index >= 15 is 0 Å². The third-order valence-electron chi connectivity index (χ3n) is 2.40. The van der Waals surface area contributed by atoms with Crippen LogP contribution in [0.5, 0.6) is 0 Å². The van der Waals surface area contributed by atoms with Crippen molar-refractivity contribution in [2.45, 2.75) is 25.8 Å². The Morgan fingerprint density at radius 3 is 2.33 bits per heavy atom. The van der Waals surface area contributed by atoms with E-state index in [0.717, 1.165) is 0 Å². The zero-order valence-electron chi connectivity index (χ0n) is 9.10. The van der Waals surface area contributed by atoms with Crippen molar-refractivity contribution in [3.63, 3.8) is 0 Å². The molecular formula is C12H17NO2. The smallest absolute Gasteiger partial charge is 0.328 e. The van der Waals surface area contributed by atoms with Crippen molar-refractivity contribution in [3.8, 4) is 0 Å². The van der Waals surface area contributed by atoms with Gasteiger partial charge in [-0.2, -0.15) is 0 Å². The Kier molecular flexibility index (Phi) is 3.48. The number of carboxylic acids is 1. The van der Waals surface area contributed by atoms with E-state index in [-0.39, 0.29) is 5.92 Å². The van der Waals surface area contributed by atoms with Crippen LogP contribution in [0.15, 0.2) is 30.3 Å². The molecule has 15 heavy (non-hydrogen) atoms. The molecule has 0 radical (unpaired) electrons. The fraction of sp³-hybridized carbons (Fsp3) is 0.417. The van der Waals surface area contributed by atoms with Crippen LogP contribution in [0.4, 0.5) is 0 Å². The van der Waals surface area contributed by atoms with Gasteiger partial charge in [0.25, 0.3) is 0 Å². The summed E-state index contributed by atoms with van der Waals surface area (Å²) in [7, 11) is 0. The maximum atomic E-state index is 11.2. The lowest BCUT2D eigenvalue weighted by Gasteiger charge is -2.27. The topological polar surface area (TPSA) is 63.3 Å². The Hall–Kier alpha value is -1.35. The quantitative estimate of drug-likeness (QED) is 0.793. The van der Waals surface area contributed by atoms with Gasteiger partial charge in [0.2, 0.25) is 0 Å². The van der Waals surface area contributed by atoms with Crippen molar-refractivity contribution in [2.24, 2.45) is 11.7 Å². The van der Waals surface area contributed by atoms with Crippen LogP contribution in [0.2, 0.25) is 0 Å². The Morgan fingerprint density at radius 2 is 1.93 bits per heavy atom. The Bertz CT molecular complexity index is 335. The lowest BCUT2D eigenvalue weighted by atomic mass is 9.83. The minimum atomic E-state index is -1.27. The van der Waals surface area contributed by atoms with Crippen molar-refractivity contribution in [3.05, 3.63) is 35.9 Å². The summed E-state index contributed by atoms with van der Waals surface area (Å²) in [5.74, 6) is -0.728. The van der Waals surface area contributed by atoms with Gasteiger partial charge in [-0.15, -0.1) is 0 Å². The average molecular weight is 207 g/mol. The number of hydrogen-bond acceptors (Lipinski definition) is 2. The Balaban J connectivity index is 3.07. The predicted octanol–water partition coefficient (Wildman–Crippen LogP) is 1.97. The summed E-state index contributed by atoms with van der Waals surface area (Å²) in [6, 6.07) is 8.98. The molecule has 1 atom stereocenters. The molecule has 0 spiro atoms. The molecule has 0 amide bonds. The molecule has 3 nitrogen and oxygen atoms in total. The SMILES string of the molecule is CC(C)CC(N)(C(=O)O)c1ccccc1. The molecule has 0 saturated heterocycles. The van der Waals surface area contributed by atoms with Crippen molar-refractivity contribution >= 4 is 5.97 Å². The highest BCUT2D eigenvalue weighted by Gasteiger charge is 2.36. The number of carbonyl (C=O) groups is 1. The zero-order valence-corrected chi connectivity index (χ0v) is 9.10. The summed E-state index contributed by atoms with van der Waals surface area (Å²) in [4.78, 5) is 11.2. The number of aliphatic carboxylic acids is 1. The number of hydrogen-bond donors (Lipinski definition) is 2. The van der Waals surface area contributed by atoms with Gasteiger partial charge in [0.1, 0.15) is 5.54 Å². The molecule has 1 rings (SSSR count). The molecule has 0 saturated carbocycles. The highest BCUT2D eigenvalue weighted by Crippen LogP contribution is 2.26. The second-order valence-electron chi connectivity index (χ2n) is 4.24. The van der Waals surface area contributed by atoms with Gasteiger partial charge >= 0.3 is 5.97 Å². The molecule has 0 aliphatic rings. The van der Waals surface area contributed by atoms with Crippen molar-refractivity contribution in [1.82, 2.24) is 0 Å². The molecule has 3 heteroatoms. The predicted molar refractivity (Wildman–Crippen MR) is 59.4 cm³/mol. The number of benzene rings is 1. The largest absolute Gasteiger partial charge is 0.480 e. The highest BCUT2D eigenvalue weighted by molar-refractivity contribution is 5.80. The minimum absolute atomic E-state index is 0.242. The Morgan fingerprint density at radius 1 is 1.40 bits per heavy atom. The Labute approximate surface area is 89.9 Å². The van der Waals surface area contributed by atoms with Gasteiger partial charge in [0.15, 0.2) is 0 Å². The monoisotopic (exact) mass is 207 g/mol. The van der Waals surface area contributed by atoms with E-state index in [2.05, 4.69) is 0 Å². The van der Waals surface area contributed by atoms with Crippen molar-refractivity contribution < 1.29 is 9.90 Å². The third-order valence-corrected chi connectivity index (χ3v) is 2.40. The van der Waals surface area contributed by atoms with Crippen LogP contribution in [-0.2, 0) is 10.3 Å². The molecule has 1 aromatic carbocycles. The first kappa shape index (κ1) is 11.7. The molecule has 0 heterocycles. The minimum Gasteiger partial charge on any atom is -0.480 e. The van der Waals surface area contributed by atoms with Gasteiger partial charge in [0, 0.05) is 0 Å². The van der Waals surface area contributed by atoms with Crippen LogP contribution in [0.25, 0.3) is 0 Å². The summed E-state index contributed by atoms with van der Waals surface area (Å²) < 4.78 is 0. The van der Waals surface area contributed by atoms with Crippen LogP contribution in [0.1, 0.15) is 25.8 Å². The highest BCUT2D eigenvalue weighted by atomic mass is 16.4. The fourth-order valence-corrected chi connectivity index (χ4v) is 1.71. The summed E-state index contributed by atoms with van der Waals surface area (Å²) >= 11 is 0. The lowest BCUT2D eigenvalue weighted by molar-refractivity contribution is -0.144. The van der Waals surface area contributed by atoms with Crippen LogP contribution in [0, 0.1) is 5.92 Å². The summed E-state index contributed by atoms with van der Waals surface area (Å²) in [5, 5.41) is 9.21. The van der Waals surface area contributed by atoms with Gasteiger partial charge < -0.3 is 10.8 Å². The van der Waals surface area contributed by atoms with Gasteiger partial charge in [-0.25, -0.2) is 4.79 Å². The van der Waals surface area contributed by atoms with E-state index in [1.165, 1.54) is 0 Å². The second kappa shape index (κ2) is 4.45. The molecule has 1 aromatic rings. The molecule has 0 aromatic heterocycles. The maximum Gasteiger partial charge on any atom is 0.328 e. The fourth-order valence-electron chi connectivity index (χ4n) is 1.71. The van der Waals surface area contributed by atoms with Crippen LogP contribution < -0.4 is 5.73 Å². The molecule has 0 aliphatic heterocycles. The first-order valence-corrected chi connectivity index (χ1v) is 5.04. The summed E-state index contributed by atoms with van der Waals surface area (Å²) in [6.45, 7) is 3.93. The van der Waals surface area contributed by atoms with E-state index in [1.54, 1.807) is 24.3 Å². The molecule has 0 fully saturated rings. The molecular weight excluding hydrogens is 190 g/mol. The van der Waals surface area contributed by atoms with E-state index in [1.807, 2.05) is 19.9 Å². The number of nitrogens with two attached hydrogens (primary N) is 1.